The van der Waals surface area contributed by atoms with E-state index in [2.05, 4.69) is 11.4 Å². The van der Waals surface area contributed by atoms with E-state index in [0.717, 1.165) is 37.3 Å². The molecule has 1 aliphatic heterocycles. The molecule has 0 amide bonds. The van der Waals surface area contributed by atoms with Gasteiger partial charge in [-0.05, 0) is 49.3 Å². The van der Waals surface area contributed by atoms with Crippen LogP contribution in [0.4, 0.5) is 0 Å². The van der Waals surface area contributed by atoms with E-state index in [1.54, 1.807) is 0 Å². The van der Waals surface area contributed by atoms with Gasteiger partial charge >= 0.3 is 0 Å². The van der Waals surface area contributed by atoms with Crippen molar-refractivity contribution in [2.75, 3.05) is 6.79 Å². The zero-order valence-corrected chi connectivity index (χ0v) is 13.0. The molecule has 2 aliphatic carbocycles. The third-order valence-corrected chi connectivity index (χ3v) is 5.73. The van der Waals surface area contributed by atoms with Crippen LogP contribution < -0.4 is 14.8 Å². The Labute approximate surface area is 131 Å². The van der Waals surface area contributed by atoms with Crippen LogP contribution in [-0.2, 0) is 6.54 Å². The first kappa shape index (κ1) is 14.3. The number of aliphatic hydroxyl groups is 1. The standard InChI is InChI=1S/C18H25NO3/c20-18-9-2-1-4-14(18)5-3-6-17(18)19-11-13-7-8-15-16(10-13)22-12-21-15/h7-8,10,14,17,19-20H,1-6,9,11-12H2/t14-,17+,18+/m1/s1. The van der Waals surface area contributed by atoms with Crippen molar-refractivity contribution in [3.05, 3.63) is 23.8 Å². The van der Waals surface area contributed by atoms with Crippen LogP contribution in [0, 0.1) is 5.92 Å². The molecule has 120 valence electrons. The summed E-state index contributed by atoms with van der Waals surface area (Å²) in [5, 5.41) is 14.8. The number of benzene rings is 1. The molecule has 2 N–H and O–H groups in total. The minimum Gasteiger partial charge on any atom is -0.454 e. The maximum absolute atomic E-state index is 11.2. The maximum Gasteiger partial charge on any atom is 0.231 e. The zero-order valence-electron chi connectivity index (χ0n) is 13.0. The number of rotatable bonds is 3. The third-order valence-electron chi connectivity index (χ3n) is 5.73. The molecule has 4 heteroatoms. The first-order valence-electron chi connectivity index (χ1n) is 8.60. The van der Waals surface area contributed by atoms with E-state index in [1.165, 1.54) is 31.2 Å². The SMILES string of the molecule is O[C@@]12CCCC[C@@H]1CCC[C@@H]2NCc1ccc2c(c1)OCO2. The van der Waals surface area contributed by atoms with E-state index in [4.69, 9.17) is 9.47 Å². The second-order valence-electron chi connectivity index (χ2n) is 6.99. The maximum atomic E-state index is 11.2. The molecule has 3 atom stereocenters. The summed E-state index contributed by atoms with van der Waals surface area (Å²) >= 11 is 0. The lowest BCUT2D eigenvalue weighted by Crippen LogP contribution is -2.58. The summed E-state index contributed by atoms with van der Waals surface area (Å²) in [6.07, 6.45) is 8.09. The first-order chi connectivity index (χ1) is 10.8. The second-order valence-corrected chi connectivity index (χ2v) is 6.99. The molecule has 0 bridgehead atoms. The zero-order chi connectivity index (χ0) is 15.0. The quantitative estimate of drug-likeness (QED) is 0.901. The predicted octanol–water partition coefficient (Wildman–Crippen LogP) is 2.98. The van der Waals surface area contributed by atoms with Crippen molar-refractivity contribution in [1.82, 2.24) is 5.32 Å². The predicted molar refractivity (Wildman–Crippen MR) is 84.0 cm³/mol. The second kappa shape index (κ2) is 5.74. The monoisotopic (exact) mass is 303 g/mol. The summed E-state index contributed by atoms with van der Waals surface area (Å²) < 4.78 is 10.8. The van der Waals surface area contributed by atoms with E-state index in [-0.39, 0.29) is 6.04 Å². The Balaban J connectivity index is 1.44. The highest BCUT2D eigenvalue weighted by Gasteiger charge is 2.46. The number of hydrogen-bond donors (Lipinski definition) is 2. The van der Waals surface area contributed by atoms with Gasteiger partial charge in [-0.2, -0.15) is 0 Å². The summed E-state index contributed by atoms with van der Waals surface area (Å²) in [4.78, 5) is 0. The van der Waals surface area contributed by atoms with Crippen molar-refractivity contribution >= 4 is 0 Å². The average Bonchev–Trinajstić information content (AvgIpc) is 3.00. The van der Waals surface area contributed by atoms with Gasteiger partial charge in [0.05, 0.1) is 5.60 Å². The van der Waals surface area contributed by atoms with Gasteiger partial charge in [-0.15, -0.1) is 0 Å². The topological polar surface area (TPSA) is 50.7 Å². The summed E-state index contributed by atoms with van der Waals surface area (Å²) in [5.74, 6) is 2.15. The van der Waals surface area contributed by atoms with Gasteiger partial charge in [-0.3, -0.25) is 0 Å². The van der Waals surface area contributed by atoms with Gasteiger partial charge < -0.3 is 19.9 Å². The average molecular weight is 303 g/mol. The number of nitrogens with one attached hydrogen (secondary N) is 1. The van der Waals surface area contributed by atoms with Gasteiger partial charge in [-0.25, -0.2) is 0 Å². The molecule has 2 saturated carbocycles. The van der Waals surface area contributed by atoms with Crippen LogP contribution in [0.15, 0.2) is 18.2 Å². The largest absolute Gasteiger partial charge is 0.454 e. The molecule has 0 unspecified atom stereocenters. The van der Waals surface area contributed by atoms with Crippen LogP contribution in [0.2, 0.25) is 0 Å². The Morgan fingerprint density at radius 2 is 1.95 bits per heavy atom. The first-order valence-corrected chi connectivity index (χ1v) is 8.60. The lowest BCUT2D eigenvalue weighted by molar-refractivity contribution is -0.0989. The normalized spacial score (nSPS) is 33.5. The van der Waals surface area contributed by atoms with Gasteiger partial charge in [0.15, 0.2) is 11.5 Å². The highest BCUT2D eigenvalue weighted by atomic mass is 16.7. The van der Waals surface area contributed by atoms with Crippen LogP contribution in [0.1, 0.15) is 50.5 Å². The van der Waals surface area contributed by atoms with E-state index < -0.39 is 5.60 Å². The molecule has 2 fully saturated rings. The highest BCUT2D eigenvalue weighted by molar-refractivity contribution is 5.44. The summed E-state index contributed by atoms with van der Waals surface area (Å²) in [5.41, 5.74) is 0.693. The van der Waals surface area contributed by atoms with E-state index >= 15 is 0 Å². The molecule has 1 aromatic rings. The molecule has 0 saturated heterocycles. The van der Waals surface area contributed by atoms with Crippen molar-refractivity contribution in [2.45, 2.75) is 63.1 Å². The Kier molecular flexibility index (Phi) is 3.74. The fraction of sp³-hybridized carbons (Fsp3) is 0.667. The summed E-state index contributed by atoms with van der Waals surface area (Å²) in [6.45, 7) is 1.09. The fourth-order valence-electron chi connectivity index (χ4n) is 4.50. The van der Waals surface area contributed by atoms with Gasteiger partial charge in [0, 0.05) is 12.6 Å². The molecule has 22 heavy (non-hydrogen) atoms. The number of hydrogen-bond acceptors (Lipinski definition) is 4. The van der Waals surface area contributed by atoms with Crippen LogP contribution >= 0.6 is 0 Å². The smallest absolute Gasteiger partial charge is 0.231 e. The Morgan fingerprint density at radius 1 is 1.09 bits per heavy atom. The Bertz CT molecular complexity index is 545. The van der Waals surface area contributed by atoms with Gasteiger partial charge in [0.1, 0.15) is 0 Å². The molecule has 1 aromatic carbocycles. The molecular formula is C18H25NO3. The van der Waals surface area contributed by atoms with Crippen LogP contribution in [0.5, 0.6) is 11.5 Å². The molecule has 0 radical (unpaired) electrons. The molecule has 1 heterocycles. The molecule has 3 aliphatic rings. The van der Waals surface area contributed by atoms with Gasteiger partial charge in [0.2, 0.25) is 6.79 Å². The van der Waals surface area contributed by atoms with E-state index in [1.807, 2.05) is 12.1 Å². The van der Waals surface area contributed by atoms with Crippen molar-refractivity contribution in [3.8, 4) is 11.5 Å². The summed E-state index contributed by atoms with van der Waals surface area (Å²) in [7, 11) is 0. The molecular weight excluding hydrogens is 278 g/mol. The van der Waals surface area contributed by atoms with Gasteiger partial charge in [0.25, 0.3) is 0 Å². The highest BCUT2D eigenvalue weighted by Crippen LogP contribution is 2.44. The van der Waals surface area contributed by atoms with E-state index in [0.29, 0.717) is 12.7 Å². The Morgan fingerprint density at radius 3 is 2.91 bits per heavy atom. The molecule has 4 rings (SSSR count). The van der Waals surface area contributed by atoms with Crippen LogP contribution in [0.25, 0.3) is 0 Å². The molecule has 4 nitrogen and oxygen atoms in total. The van der Waals surface area contributed by atoms with Crippen LogP contribution in [-0.4, -0.2) is 23.5 Å². The minimum absolute atomic E-state index is 0.219. The van der Waals surface area contributed by atoms with Crippen LogP contribution in [0.3, 0.4) is 0 Å². The third kappa shape index (κ3) is 2.48. The minimum atomic E-state index is -0.493. The molecule has 0 aromatic heterocycles. The van der Waals surface area contributed by atoms with Crippen molar-refractivity contribution in [2.24, 2.45) is 5.92 Å². The summed E-state index contributed by atoms with van der Waals surface area (Å²) in [6, 6.07) is 6.31. The number of fused-ring (bicyclic) bond motifs is 2. The Hall–Kier alpha value is -1.26. The lowest BCUT2D eigenvalue weighted by atomic mass is 9.65. The van der Waals surface area contributed by atoms with Crippen molar-refractivity contribution in [1.29, 1.82) is 0 Å². The number of ether oxygens (including phenoxy) is 2. The lowest BCUT2D eigenvalue weighted by Gasteiger charge is -2.49. The van der Waals surface area contributed by atoms with Crippen molar-refractivity contribution < 1.29 is 14.6 Å². The van der Waals surface area contributed by atoms with Gasteiger partial charge in [-0.1, -0.05) is 25.3 Å². The fourth-order valence-corrected chi connectivity index (χ4v) is 4.50. The van der Waals surface area contributed by atoms with E-state index in [9.17, 15) is 5.11 Å². The molecule has 0 spiro atoms. The van der Waals surface area contributed by atoms with Crippen molar-refractivity contribution in [3.63, 3.8) is 0 Å².